The maximum atomic E-state index is 6.54. The first-order valence-corrected chi connectivity index (χ1v) is 7.52. The summed E-state index contributed by atoms with van der Waals surface area (Å²) in [4.78, 5) is 0. The fourth-order valence-electron chi connectivity index (χ4n) is 2.29. The molecule has 0 N–H and O–H groups in total. The van der Waals surface area contributed by atoms with E-state index in [4.69, 9.17) is 21.1 Å². The lowest BCUT2D eigenvalue weighted by atomic mass is 9.96. The quantitative estimate of drug-likeness (QED) is 0.752. The van der Waals surface area contributed by atoms with Gasteiger partial charge in [0.2, 0.25) is 0 Å². The molecule has 2 nitrogen and oxygen atoms in total. The molecule has 1 fully saturated rings. The lowest BCUT2D eigenvalue weighted by molar-refractivity contribution is 0.120. The molecule has 2 rings (SSSR count). The van der Waals surface area contributed by atoms with Crippen LogP contribution in [-0.2, 0) is 4.74 Å². The summed E-state index contributed by atoms with van der Waals surface area (Å²) in [7, 11) is 0. The summed E-state index contributed by atoms with van der Waals surface area (Å²) in [6, 6.07) is 6.06. The van der Waals surface area contributed by atoms with Crippen molar-refractivity contribution in [2.45, 2.75) is 31.7 Å². The molecule has 3 atom stereocenters. The SMILES string of the molecule is CCOc1ccc(C(Cl)C2COC(C)C2)cc1Br. The zero-order valence-corrected chi connectivity index (χ0v) is 13.0. The minimum Gasteiger partial charge on any atom is -0.493 e. The van der Waals surface area contributed by atoms with Gasteiger partial charge in [-0.25, -0.2) is 0 Å². The minimum absolute atomic E-state index is 0.00178. The Labute approximate surface area is 122 Å². The monoisotopic (exact) mass is 332 g/mol. The third-order valence-corrected chi connectivity index (χ3v) is 4.45. The highest BCUT2D eigenvalue weighted by atomic mass is 79.9. The van der Waals surface area contributed by atoms with Gasteiger partial charge in [0, 0.05) is 5.92 Å². The number of benzene rings is 1. The molecule has 0 radical (unpaired) electrons. The molecular formula is C14H18BrClO2. The van der Waals surface area contributed by atoms with Crippen LogP contribution in [-0.4, -0.2) is 19.3 Å². The van der Waals surface area contributed by atoms with Crippen LogP contribution >= 0.6 is 27.5 Å². The molecule has 3 unspecified atom stereocenters. The van der Waals surface area contributed by atoms with E-state index in [1.807, 2.05) is 25.1 Å². The van der Waals surface area contributed by atoms with Crippen molar-refractivity contribution >= 4 is 27.5 Å². The highest BCUT2D eigenvalue weighted by Crippen LogP contribution is 2.38. The molecule has 0 spiro atoms. The molecule has 1 aliphatic rings. The Hall–Kier alpha value is -0.250. The molecule has 1 aliphatic heterocycles. The van der Waals surface area contributed by atoms with Gasteiger partial charge in [0.1, 0.15) is 5.75 Å². The predicted molar refractivity (Wildman–Crippen MR) is 77.4 cm³/mol. The summed E-state index contributed by atoms with van der Waals surface area (Å²) in [6.45, 7) is 5.48. The van der Waals surface area contributed by atoms with E-state index in [9.17, 15) is 0 Å². The Kier molecular flexibility index (Phi) is 4.93. The van der Waals surface area contributed by atoms with Crippen molar-refractivity contribution in [3.05, 3.63) is 28.2 Å². The molecule has 1 heterocycles. The Morgan fingerprint density at radius 1 is 1.56 bits per heavy atom. The smallest absolute Gasteiger partial charge is 0.133 e. The number of ether oxygens (including phenoxy) is 2. The third kappa shape index (κ3) is 3.19. The topological polar surface area (TPSA) is 18.5 Å². The van der Waals surface area contributed by atoms with Crippen LogP contribution in [0.1, 0.15) is 31.2 Å². The lowest BCUT2D eigenvalue weighted by Crippen LogP contribution is -2.08. The third-order valence-electron chi connectivity index (χ3n) is 3.22. The van der Waals surface area contributed by atoms with Crippen molar-refractivity contribution in [2.75, 3.05) is 13.2 Å². The molecule has 0 aliphatic carbocycles. The van der Waals surface area contributed by atoms with Gasteiger partial charge in [-0.3, -0.25) is 0 Å². The lowest BCUT2D eigenvalue weighted by Gasteiger charge is -2.17. The van der Waals surface area contributed by atoms with E-state index in [0.717, 1.165) is 28.8 Å². The number of alkyl halides is 1. The van der Waals surface area contributed by atoms with E-state index >= 15 is 0 Å². The molecule has 1 aromatic carbocycles. The molecule has 100 valence electrons. The number of halogens is 2. The normalized spacial score (nSPS) is 25.1. The van der Waals surface area contributed by atoms with E-state index in [1.165, 1.54) is 0 Å². The van der Waals surface area contributed by atoms with E-state index in [1.54, 1.807) is 0 Å². The van der Waals surface area contributed by atoms with E-state index in [2.05, 4.69) is 22.9 Å². The molecule has 0 bridgehead atoms. The Balaban J connectivity index is 2.11. The Morgan fingerprint density at radius 2 is 2.33 bits per heavy atom. The summed E-state index contributed by atoms with van der Waals surface area (Å²) in [6.07, 6.45) is 1.35. The summed E-state index contributed by atoms with van der Waals surface area (Å²) in [5.74, 6) is 1.26. The molecule has 0 aromatic heterocycles. The molecule has 18 heavy (non-hydrogen) atoms. The van der Waals surface area contributed by atoms with Gasteiger partial charge >= 0.3 is 0 Å². The molecule has 0 saturated carbocycles. The number of hydrogen-bond acceptors (Lipinski definition) is 2. The second-order valence-electron chi connectivity index (χ2n) is 4.66. The van der Waals surface area contributed by atoms with Crippen molar-refractivity contribution < 1.29 is 9.47 Å². The van der Waals surface area contributed by atoms with E-state index in [0.29, 0.717) is 18.6 Å². The first-order chi connectivity index (χ1) is 8.61. The summed E-state index contributed by atoms with van der Waals surface area (Å²) in [5, 5.41) is 0.00178. The van der Waals surface area contributed by atoms with Crippen molar-refractivity contribution in [2.24, 2.45) is 5.92 Å². The van der Waals surface area contributed by atoms with Crippen LogP contribution in [0.5, 0.6) is 5.75 Å². The molecule has 1 saturated heterocycles. The highest BCUT2D eigenvalue weighted by molar-refractivity contribution is 9.10. The fourth-order valence-corrected chi connectivity index (χ4v) is 3.11. The molecule has 4 heteroatoms. The summed E-state index contributed by atoms with van der Waals surface area (Å²) < 4.78 is 12.0. The van der Waals surface area contributed by atoms with Crippen LogP contribution in [0.4, 0.5) is 0 Å². The second-order valence-corrected chi connectivity index (χ2v) is 5.99. The molecular weight excluding hydrogens is 316 g/mol. The van der Waals surface area contributed by atoms with Gasteiger partial charge in [0.15, 0.2) is 0 Å². The van der Waals surface area contributed by atoms with Crippen molar-refractivity contribution in [3.8, 4) is 5.75 Å². The second kappa shape index (κ2) is 6.27. The standard InChI is InChI=1S/C14H18BrClO2/c1-3-17-13-5-4-10(7-12(13)15)14(16)11-6-9(2)18-8-11/h4-5,7,9,11,14H,3,6,8H2,1-2H3. The first kappa shape index (κ1) is 14.2. The zero-order valence-electron chi connectivity index (χ0n) is 10.7. The van der Waals surface area contributed by atoms with Crippen molar-refractivity contribution in [1.29, 1.82) is 0 Å². The van der Waals surface area contributed by atoms with Gasteiger partial charge in [0.25, 0.3) is 0 Å². The number of rotatable bonds is 4. The molecule has 1 aromatic rings. The van der Waals surface area contributed by atoms with Crippen LogP contribution in [0.3, 0.4) is 0 Å². The minimum atomic E-state index is 0.00178. The summed E-state index contributed by atoms with van der Waals surface area (Å²) in [5.41, 5.74) is 1.12. The van der Waals surface area contributed by atoms with Crippen LogP contribution in [0.25, 0.3) is 0 Å². The van der Waals surface area contributed by atoms with Crippen molar-refractivity contribution in [3.63, 3.8) is 0 Å². The predicted octanol–water partition coefficient (Wildman–Crippen LogP) is 4.55. The van der Waals surface area contributed by atoms with Gasteiger partial charge < -0.3 is 9.47 Å². The van der Waals surface area contributed by atoms with Gasteiger partial charge in [-0.15, -0.1) is 11.6 Å². The average molecular weight is 334 g/mol. The zero-order chi connectivity index (χ0) is 13.1. The van der Waals surface area contributed by atoms with E-state index < -0.39 is 0 Å². The summed E-state index contributed by atoms with van der Waals surface area (Å²) >= 11 is 10.1. The van der Waals surface area contributed by atoms with Gasteiger partial charge in [-0.05, 0) is 53.9 Å². The van der Waals surface area contributed by atoms with Gasteiger partial charge in [0.05, 0.1) is 29.2 Å². The number of hydrogen-bond donors (Lipinski definition) is 0. The maximum Gasteiger partial charge on any atom is 0.133 e. The Bertz CT molecular complexity index is 411. The fraction of sp³-hybridized carbons (Fsp3) is 0.571. The highest BCUT2D eigenvalue weighted by Gasteiger charge is 2.29. The van der Waals surface area contributed by atoms with Crippen molar-refractivity contribution in [1.82, 2.24) is 0 Å². The van der Waals surface area contributed by atoms with Gasteiger partial charge in [-0.2, -0.15) is 0 Å². The van der Waals surface area contributed by atoms with Crippen LogP contribution in [0.2, 0.25) is 0 Å². The average Bonchev–Trinajstić information content (AvgIpc) is 2.78. The Morgan fingerprint density at radius 3 is 2.89 bits per heavy atom. The van der Waals surface area contributed by atoms with Crippen LogP contribution in [0.15, 0.2) is 22.7 Å². The maximum absolute atomic E-state index is 6.54. The molecule has 0 amide bonds. The van der Waals surface area contributed by atoms with E-state index in [-0.39, 0.29) is 5.38 Å². The first-order valence-electron chi connectivity index (χ1n) is 6.29. The largest absolute Gasteiger partial charge is 0.493 e. The van der Waals surface area contributed by atoms with Gasteiger partial charge in [-0.1, -0.05) is 6.07 Å². The van der Waals surface area contributed by atoms with Crippen LogP contribution < -0.4 is 4.74 Å². The van der Waals surface area contributed by atoms with Crippen LogP contribution in [0, 0.1) is 5.92 Å².